The zero-order chi connectivity index (χ0) is 56.0. The number of nitrogens with zero attached hydrogens (tertiary/aromatic N) is 10. The summed E-state index contributed by atoms with van der Waals surface area (Å²) in [6, 6.07) is 96.1. The fourth-order valence-electron chi connectivity index (χ4n) is 10.2. The minimum Gasteiger partial charge on any atom is -0.256 e. The first-order valence-electron chi connectivity index (χ1n) is 27.6. The van der Waals surface area contributed by atoms with Gasteiger partial charge in [0, 0.05) is 61.8 Å². The van der Waals surface area contributed by atoms with Crippen LogP contribution >= 0.6 is 0 Å². The molecule has 4 aromatic heterocycles. The molecule has 14 rings (SSSR count). The topological polar surface area (TPSA) is 129 Å². The molecule has 0 spiro atoms. The van der Waals surface area contributed by atoms with E-state index in [0.29, 0.717) is 52.4 Å². The van der Waals surface area contributed by atoms with Gasteiger partial charge >= 0.3 is 0 Å². The van der Waals surface area contributed by atoms with Gasteiger partial charge in [0.25, 0.3) is 0 Å². The van der Waals surface area contributed by atoms with Crippen LogP contribution in [0.2, 0.25) is 0 Å². The molecule has 84 heavy (non-hydrogen) atoms. The van der Waals surface area contributed by atoms with Crippen LogP contribution in [0, 0.1) is 0 Å². The summed E-state index contributed by atoms with van der Waals surface area (Å²) in [5.41, 5.74) is 15.6. The summed E-state index contributed by atoms with van der Waals surface area (Å²) in [4.78, 5) is 50.6. The van der Waals surface area contributed by atoms with E-state index in [4.69, 9.17) is 49.8 Å². The standard InChI is InChI=1S/C74H48N10/c1-7-22-49(23-8-1)62-45-63(47-64(46-62)74-82-68(52-28-13-4-14-29-52)77-69(83-74)53-30-15-5-16-31-53)57-40-41-75-65(48-57)58-36-21-39-61(44-58)73-81-70(54-32-17-6-18-33-54)80-72(84-73)60-38-20-35-56(43-60)55-34-19-37-59(42-55)71-78-66(50-24-9-2-10-25-50)76-67(79-71)51-26-11-3-12-27-51/h1-48H. The van der Waals surface area contributed by atoms with Crippen molar-refractivity contribution in [1.29, 1.82) is 0 Å². The molecule has 14 aromatic rings. The SMILES string of the molecule is c1ccc(-c2cc(-c3ccnc(-c4cccc(-c5nc(-c6ccccc6)nc(-c6cccc(-c7cccc(-c8nc(-c9ccccc9)nc(-c9ccccc9)n8)c7)c6)n5)c4)c3)cc(-c3nc(-c4ccccc4)nc(-c4ccccc4)n3)c2)cc1. The van der Waals surface area contributed by atoms with Crippen LogP contribution in [0.4, 0.5) is 0 Å². The zero-order valence-corrected chi connectivity index (χ0v) is 45.2. The molecule has 0 saturated heterocycles. The molecule has 0 atom stereocenters. The molecule has 0 aliphatic carbocycles. The van der Waals surface area contributed by atoms with Crippen molar-refractivity contribution < 1.29 is 0 Å². The lowest BCUT2D eigenvalue weighted by Crippen LogP contribution is -2.01. The minimum absolute atomic E-state index is 0.532. The van der Waals surface area contributed by atoms with Gasteiger partial charge in [0.15, 0.2) is 52.4 Å². The highest BCUT2D eigenvalue weighted by Gasteiger charge is 2.19. The Bertz CT molecular complexity index is 4530. The Morgan fingerprint density at radius 1 is 0.143 bits per heavy atom. The Balaban J connectivity index is 0.822. The first-order chi connectivity index (χ1) is 41.6. The molecule has 4 heterocycles. The van der Waals surface area contributed by atoms with Crippen molar-refractivity contribution in [2.45, 2.75) is 0 Å². The predicted molar refractivity (Wildman–Crippen MR) is 335 cm³/mol. The van der Waals surface area contributed by atoms with Gasteiger partial charge in [0.05, 0.1) is 5.69 Å². The van der Waals surface area contributed by atoms with Gasteiger partial charge in [-0.1, -0.05) is 237 Å². The largest absolute Gasteiger partial charge is 0.256 e. The molecule has 10 nitrogen and oxygen atoms in total. The van der Waals surface area contributed by atoms with E-state index in [1.165, 1.54) is 0 Å². The molecule has 0 aliphatic rings. The minimum atomic E-state index is 0.532. The molecule has 0 unspecified atom stereocenters. The quantitative estimate of drug-likeness (QED) is 0.110. The van der Waals surface area contributed by atoms with E-state index in [0.717, 1.165) is 94.7 Å². The number of hydrogen-bond acceptors (Lipinski definition) is 10. The van der Waals surface area contributed by atoms with Crippen molar-refractivity contribution in [3.05, 3.63) is 291 Å². The summed E-state index contributed by atoms with van der Waals surface area (Å²) in [5, 5.41) is 0. The van der Waals surface area contributed by atoms with E-state index in [9.17, 15) is 0 Å². The average molecular weight is 1080 g/mol. The molecule has 10 heteroatoms. The van der Waals surface area contributed by atoms with Crippen molar-refractivity contribution in [2.75, 3.05) is 0 Å². The summed E-state index contributed by atoms with van der Waals surface area (Å²) in [7, 11) is 0. The average Bonchev–Trinajstić information content (AvgIpc) is 3.75. The van der Waals surface area contributed by atoms with Crippen LogP contribution < -0.4 is 0 Å². The maximum atomic E-state index is 5.22. The van der Waals surface area contributed by atoms with Crippen molar-refractivity contribution in [2.24, 2.45) is 0 Å². The molecule has 0 N–H and O–H groups in total. The lowest BCUT2D eigenvalue weighted by molar-refractivity contribution is 1.07. The number of pyridine rings is 1. The lowest BCUT2D eigenvalue weighted by atomic mass is 9.95. The van der Waals surface area contributed by atoms with Gasteiger partial charge in [-0.3, -0.25) is 4.98 Å². The molecule has 10 aromatic carbocycles. The van der Waals surface area contributed by atoms with Crippen molar-refractivity contribution in [3.8, 4) is 147 Å². The van der Waals surface area contributed by atoms with Crippen LogP contribution in [0.25, 0.3) is 147 Å². The molecule has 0 fully saturated rings. The monoisotopic (exact) mass is 1080 g/mol. The highest BCUT2D eigenvalue weighted by Crippen LogP contribution is 2.37. The van der Waals surface area contributed by atoms with Crippen LogP contribution in [-0.4, -0.2) is 49.8 Å². The molecular weight excluding hydrogens is 1030 g/mol. The smallest absolute Gasteiger partial charge is 0.164 e. The number of hydrogen-bond donors (Lipinski definition) is 0. The number of aromatic nitrogens is 10. The van der Waals surface area contributed by atoms with Gasteiger partial charge in [0.2, 0.25) is 0 Å². The van der Waals surface area contributed by atoms with Gasteiger partial charge in [-0.05, 0) is 81.9 Å². The van der Waals surface area contributed by atoms with Gasteiger partial charge in [-0.15, -0.1) is 0 Å². The van der Waals surface area contributed by atoms with Crippen molar-refractivity contribution in [1.82, 2.24) is 49.8 Å². The number of rotatable bonds is 13. The Hall–Kier alpha value is -11.6. The third-order valence-corrected chi connectivity index (χ3v) is 14.4. The maximum Gasteiger partial charge on any atom is 0.164 e. The van der Waals surface area contributed by atoms with Crippen LogP contribution in [0.3, 0.4) is 0 Å². The van der Waals surface area contributed by atoms with E-state index in [1.807, 2.05) is 206 Å². The summed E-state index contributed by atoms with van der Waals surface area (Å²) in [6.45, 7) is 0. The van der Waals surface area contributed by atoms with E-state index in [1.54, 1.807) is 0 Å². The maximum absolute atomic E-state index is 5.22. The molecule has 0 radical (unpaired) electrons. The van der Waals surface area contributed by atoms with Gasteiger partial charge in [0.1, 0.15) is 0 Å². The Morgan fingerprint density at radius 2 is 0.369 bits per heavy atom. The van der Waals surface area contributed by atoms with Crippen LogP contribution in [0.15, 0.2) is 291 Å². The Kier molecular flexibility index (Phi) is 13.8. The summed E-state index contributed by atoms with van der Waals surface area (Å²) in [6.07, 6.45) is 1.86. The fourth-order valence-corrected chi connectivity index (χ4v) is 10.2. The summed E-state index contributed by atoms with van der Waals surface area (Å²) < 4.78 is 0. The summed E-state index contributed by atoms with van der Waals surface area (Å²) in [5.74, 6) is 5.20. The normalized spacial score (nSPS) is 11.1. The van der Waals surface area contributed by atoms with E-state index in [2.05, 4.69) is 84.9 Å². The van der Waals surface area contributed by atoms with E-state index < -0.39 is 0 Å². The third kappa shape index (κ3) is 10.9. The first-order valence-corrected chi connectivity index (χ1v) is 27.6. The Labute approximate surface area is 485 Å². The lowest BCUT2D eigenvalue weighted by Gasteiger charge is -2.13. The van der Waals surface area contributed by atoms with E-state index >= 15 is 0 Å². The van der Waals surface area contributed by atoms with Crippen LogP contribution in [0.1, 0.15) is 0 Å². The number of benzene rings is 10. The molecule has 0 aliphatic heterocycles. The first kappa shape index (κ1) is 50.6. The highest BCUT2D eigenvalue weighted by molar-refractivity contribution is 5.83. The second-order valence-electron chi connectivity index (χ2n) is 20.1. The fraction of sp³-hybridized carbons (Fsp3) is 0. The van der Waals surface area contributed by atoms with Crippen LogP contribution in [0.5, 0.6) is 0 Å². The molecule has 0 bridgehead atoms. The third-order valence-electron chi connectivity index (χ3n) is 14.4. The molecule has 0 amide bonds. The van der Waals surface area contributed by atoms with Crippen molar-refractivity contribution in [3.63, 3.8) is 0 Å². The second-order valence-corrected chi connectivity index (χ2v) is 20.1. The second kappa shape index (κ2) is 22.9. The molecule has 0 saturated carbocycles. The predicted octanol–water partition coefficient (Wildman–Crippen LogP) is 17.3. The zero-order valence-electron chi connectivity index (χ0n) is 45.2. The van der Waals surface area contributed by atoms with Crippen LogP contribution in [-0.2, 0) is 0 Å². The molecule has 394 valence electrons. The molecular formula is C74H48N10. The summed E-state index contributed by atoms with van der Waals surface area (Å²) >= 11 is 0. The van der Waals surface area contributed by atoms with Gasteiger partial charge in [-0.25, -0.2) is 44.9 Å². The van der Waals surface area contributed by atoms with E-state index in [-0.39, 0.29) is 0 Å². The van der Waals surface area contributed by atoms with Gasteiger partial charge in [-0.2, -0.15) is 0 Å². The highest BCUT2D eigenvalue weighted by atomic mass is 15.1. The van der Waals surface area contributed by atoms with Gasteiger partial charge < -0.3 is 0 Å². The Morgan fingerprint density at radius 3 is 0.726 bits per heavy atom. The van der Waals surface area contributed by atoms with Crippen molar-refractivity contribution >= 4 is 0 Å².